The maximum absolute atomic E-state index is 11.8. The molecule has 0 heterocycles. The topological polar surface area (TPSA) is 93.7 Å². The molecule has 2 N–H and O–H groups in total. The van der Waals surface area contributed by atoms with Crippen molar-refractivity contribution >= 4 is 18.0 Å². The first-order chi connectivity index (χ1) is 10.4. The second-order valence-corrected chi connectivity index (χ2v) is 4.68. The van der Waals surface area contributed by atoms with Crippen molar-refractivity contribution in [1.29, 1.82) is 0 Å². The SMILES string of the molecule is COC(=O)[C@H](C)NC(=O)C(C)NC(=O)OCc1ccccc1. The number of carbonyl (C=O) groups excluding carboxylic acids is 3. The van der Waals surface area contributed by atoms with E-state index in [1.165, 1.54) is 21.0 Å². The van der Waals surface area contributed by atoms with Crippen molar-refractivity contribution in [3.05, 3.63) is 35.9 Å². The van der Waals surface area contributed by atoms with Crippen LogP contribution in [0.2, 0.25) is 0 Å². The van der Waals surface area contributed by atoms with E-state index in [2.05, 4.69) is 15.4 Å². The first-order valence-corrected chi connectivity index (χ1v) is 6.79. The van der Waals surface area contributed by atoms with Crippen LogP contribution in [0.4, 0.5) is 4.79 Å². The summed E-state index contributed by atoms with van der Waals surface area (Å²) in [4.78, 5) is 34.6. The van der Waals surface area contributed by atoms with E-state index >= 15 is 0 Å². The van der Waals surface area contributed by atoms with Gasteiger partial charge in [0.25, 0.3) is 0 Å². The average molecular weight is 308 g/mol. The van der Waals surface area contributed by atoms with Gasteiger partial charge in [-0.05, 0) is 19.4 Å². The number of hydrogen-bond donors (Lipinski definition) is 2. The summed E-state index contributed by atoms with van der Waals surface area (Å²) in [6.07, 6.45) is -0.711. The Bertz CT molecular complexity index is 518. The van der Waals surface area contributed by atoms with Gasteiger partial charge in [-0.3, -0.25) is 4.79 Å². The molecule has 0 bridgehead atoms. The van der Waals surface area contributed by atoms with Gasteiger partial charge in [0.1, 0.15) is 18.7 Å². The highest BCUT2D eigenvalue weighted by molar-refractivity contribution is 5.89. The fourth-order valence-corrected chi connectivity index (χ4v) is 1.58. The van der Waals surface area contributed by atoms with Crippen molar-refractivity contribution in [2.45, 2.75) is 32.5 Å². The summed E-state index contributed by atoms with van der Waals surface area (Å²) >= 11 is 0. The van der Waals surface area contributed by atoms with Crippen molar-refractivity contribution in [3.8, 4) is 0 Å². The van der Waals surface area contributed by atoms with E-state index in [4.69, 9.17) is 4.74 Å². The predicted octanol–water partition coefficient (Wildman–Crippen LogP) is 0.979. The average Bonchev–Trinajstić information content (AvgIpc) is 2.52. The van der Waals surface area contributed by atoms with E-state index in [1.54, 1.807) is 0 Å². The maximum atomic E-state index is 11.8. The first-order valence-electron chi connectivity index (χ1n) is 6.79. The van der Waals surface area contributed by atoms with Crippen LogP contribution in [0.5, 0.6) is 0 Å². The Labute approximate surface area is 129 Å². The molecular weight excluding hydrogens is 288 g/mol. The van der Waals surface area contributed by atoms with Gasteiger partial charge in [0.05, 0.1) is 7.11 Å². The molecule has 2 amide bonds. The lowest BCUT2D eigenvalue weighted by atomic mass is 10.2. The Balaban J connectivity index is 2.37. The van der Waals surface area contributed by atoms with E-state index in [0.29, 0.717) is 0 Å². The molecule has 2 atom stereocenters. The lowest BCUT2D eigenvalue weighted by molar-refractivity contribution is -0.144. The summed E-state index contributed by atoms with van der Waals surface area (Å²) in [5.74, 6) is -1.07. The van der Waals surface area contributed by atoms with Crippen molar-refractivity contribution in [3.63, 3.8) is 0 Å². The fraction of sp³-hybridized carbons (Fsp3) is 0.400. The van der Waals surface area contributed by atoms with Crippen molar-refractivity contribution in [1.82, 2.24) is 10.6 Å². The summed E-state index contributed by atoms with van der Waals surface area (Å²) < 4.78 is 9.50. The molecule has 0 spiro atoms. The third kappa shape index (κ3) is 5.82. The van der Waals surface area contributed by atoms with Crippen molar-refractivity contribution in [2.75, 3.05) is 7.11 Å². The van der Waals surface area contributed by atoms with Crippen LogP contribution in [0.3, 0.4) is 0 Å². The number of amides is 2. The first kappa shape index (κ1) is 17.5. The van der Waals surface area contributed by atoms with Crippen molar-refractivity contribution in [2.24, 2.45) is 0 Å². The van der Waals surface area contributed by atoms with Gasteiger partial charge in [-0.1, -0.05) is 30.3 Å². The number of carbonyl (C=O) groups is 3. The highest BCUT2D eigenvalue weighted by Gasteiger charge is 2.21. The van der Waals surface area contributed by atoms with Gasteiger partial charge in [0.2, 0.25) is 5.91 Å². The molecule has 1 aromatic rings. The Morgan fingerprint density at radius 2 is 1.68 bits per heavy atom. The summed E-state index contributed by atoms with van der Waals surface area (Å²) in [6.45, 7) is 3.09. The summed E-state index contributed by atoms with van der Waals surface area (Å²) in [6, 6.07) is 7.54. The Morgan fingerprint density at radius 1 is 1.05 bits per heavy atom. The molecule has 0 aromatic heterocycles. The van der Waals surface area contributed by atoms with E-state index in [1.807, 2.05) is 30.3 Å². The summed E-state index contributed by atoms with van der Waals surface area (Å²) in [5.41, 5.74) is 0.842. The molecule has 120 valence electrons. The van der Waals surface area contributed by atoms with Crippen LogP contribution in [0.1, 0.15) is 19.4 Å². The lowest BCUT2D eigenvalue weighted by Gasteiger charge is -2.17. The third-order valence-electron chi connectivity index (χ3n) is 2.85. The molecular formula is C15H20N2O5. The molecule has 1 rings (SSSR count). The minimum absolute atomic E-state index is 0.111. The van der Waals surface area contributed by atoms with Gasteiger partial charge >= 0.3 is 12.1 Å². The van der Waals surface area contributed by atoms with Crippen LogP contribution in [-0.4, -0.2) is 37.2 Å². The second kappa shape index (κ2) is 8.66. The zero-order valence-corrected chi connectivity index (χ0v) is 12.8. The number of nitrogens with one attached hydrogen (secondary N) is 2. The van der Waals surface area contributed by atoms with Crippen molar-refractivity contribution < 1.29 is 23.9 Å². The van der Waals surface area contributed by atoms with Gasteiger partial charge < -0.3 is 20.1 Å². The quantitative estimate of drug-likeness (QED) is 0.764. The zero-order valence-electron chi connectivity index (χ0n) is 12.8. The second-order valence-electron chi connectivity index (χ2n) is 4.68. The number of alkyl carbamates (subject to hydrolysis) is 1. The number of benzene rings is 1. The van der Waals surface area contributed by atoms with Crippen LogP contribution >= 0.6 is 0 Å². The molecule has 0 aliphatic heterocycles. The highest BCUT2D eigenvalue weighted by atomic mass is 16.5. The Kier molecular flexibility index (Phi) is 6.88. The van der Waals surface area contributed by atoms with Crippen LogP contribution in [0.15, 0.2) is 30.3 Å². The molecule has 0 saturated carbocycles. The molecule has 0 saturated heterocycles. The Morgan fingerprint density at radius 3 is 2.27 bits per heavy atom. The normalized spacial score (nSPS) is 12.7. The third-order valence-corrected chi connectivity index (χ3v) is 2.85. The maximum Gasteiger partial charge on any atom is 0.408 e. The van der Waals surface area contributed by atoms with Gasteiger partial charge in [-0.2, -0.15) is 0 Å². The van der Waals surface area contributed by atoms with Crippen LogP contribution in [0.25, 0.3) is 0 Å². The number of esters is 1. The number of rotatable bonds is 6. The van der Waals surface area contributed by atoms with Gasteiger partial charge in [0.15, 0.2) is 0 Å². The Hall–Kier alpha value is -2.57. The highest BCUT2D eigenvalue weighted by Crippen LogP contribution is 2.00. The number of hydrogen-bond acceptors (Lipinski definition) is 5. The van der Waals surface area contributed by atoms with Gasteiger partial charge in [0, 0.05) is 0 Å². The van der Waals surface area contributed by atoms with E-state index in [-0.39, 0.29) is 6.61 Å². The van der Waals surface area contributed by atoms with E-state index in [9.17, 15) is 14.4 Å². The van der Waals surface area contributed by atoms with Gasteiger partial charge in [-0.25, -0.2) is 9.59 Å². The fourth-order valence-electron chi connectivity index (χ4n) is 1.58. The molecule has 0 aliphatic carbocycles. The number of ether oxygens (including phenoxy) is 2. The zero-order chi connectivity index (χ0) is 16.5. The molecule has 7 nitrogen and oxygen atoms in total. The molecule has 1 aromatic carbocycles. The molecule has 22 heavy (non-hydrogen) atoms. The number of methoxy groups -OCH3 is 1. The standard InChI is InChI=1S/C15H20N2O5/c1-10(13(18)16-11(2)14(19)21-3)17-15(20)22-9-12-7-5-4-6-8-12/h4-8,10-11H,9H2,1-3H3,(H,16,18)(H,17,20)/t10?,11-/m0/s1. The largest absolute Gasteiger partial charge is 0.467 e. The molecule has 0 aliphatic rings. The van der Waals surface area contributed by atoms with Gasteiger partial charge in [-0.15, -0.1) is 0 Å². The minimum Gasteiger partial charge on any atom is -0.467 e. The van der Waals surface area contributed by atoms with E-state index in [0.717, 1.165) is 5.56 Å². The molecule has 1 unspecified atom stereocenters. The lowest BCUT2D eigenvalue weighted by Crippen LogP contribution is -2.49. The molecule has 7 heteroatoms. The minimum atomic E-state index is -0.838. The van der Waals surface area contributed by atoms with Crippen LogP contribution in [-0.2, 0) is 25.7 Å². The predicted molar refractivity (Wildman–Crippen MR) is 78.8 cm³/mol. The summed E-state index contributed by atoms with van der Waals surface area (Å²) in [7, 11) is 1.23. The van der Waals surface area contributed by atoms with Crippen LogP contribution in [0, 0.1) is 0 Å². The smallest absolute Gasteiger partial charge is 0.408 e. The summed E-state index contributed by atoms with van der Waals surface area (Å²) in [5, 5.41) is 4.81. The molecule has 0 fully saturated rings. The monoisotopic (exact) mass is 308 g/mol. The van der Waals surface area contributed by atoms with Crippen LogP contribution < -0.4 is 10.6 Å². The van der Waals surface area contributed by atoms with E-state index < -0.39 is 30.1 Å². The molecule has 0 radical (unpaired) electrons.